The molecule has 1 aliphatic heterocycles. The monoisotopic (exact) mass is 294 g/mol. The van der Waals surface area contributed by atoms with Crippen molar-refractivity contribution in [2.75, 3.05) is 46.0 Å². The van der Waals surface area contributed by atoms with Crippen LogP contribution in [0.5, 0.6) is 0 Å². The Kier molecular flexibility index (Phi) is 4.84. The highest BCUT2D eigenvalue weighted by molar-refractivity contribution is 5.98. The highest BCUT2D eigenvalue weighted by Gasteiger charge is 2.24. The minimum atomic E-state index is -0.149. The van der Waals surface area contributed by atoms with Crippen LogP contribution in [-0.4, -0.2) is 71.8 Å². The Hall–Kier alpha value is -1.60. The van der Waals surface area contributed by atoms with Crippen LogP contribution in [0.15, 0.2) is 0 Å². The van der Waals surface area contributed by atoms with Crippen molar-refractivity contribution >= 4 is 11.6 Å². The molecule has 1 saturated heterocycles. The number of aromatic nitrogens is 2. The molecule has 0 radical (unpaired) electrons. The second-order valence-corrected chi connectivity index (χ2v) is 5.79. The van der Waals surface area contributed by atoms with Crippen molar-refractivity contribution in [2.24, 2.45) is 7.05 Å². The minimum absolute atomic E-state index is 0.149. The second-order valence-electron chi connectivity index (χ2n) is 5.79. The predicted molar refractivity (Wildman–Crippen MR) is 83.2 cm³/mol. The van der Waals surface area contributed by atoms with E-state index < -0.39 is 0 Å². The lowest BCUT2D eigenvalue weighted by molar-refractivity contribution is 0.0874. The molecule has 1 fully saturated rings. The quantitative estimate of drug-likeness (QED) is 0.785. The highest BCUT2D eigenvalue weighted by atomic mass is 16.2. The maximum atomic E-state index is 12.4. The number of piperazine rings is 1. The summed E-state index contributed by atoms with van der Waals surface area (Å²) in [4.78, 5) is 16.9. The van der Waals surface area contributed by atoms with Crippen LogP contribution in [-0.2, 0) is 13.5 Å². The number of carbonyl (C=O) groups excluding carboxylic acids is 1. The number of amides is 1. The van der Waals surface area contributed by atoms with E-state index in [9.17, 15) is 4.79 Å². The average Bonchev–Trinajstić information content (AvgIpc) is 2.74. The number of nitrogens with one attached hydrogen (secondary N) is 1. The molecule has 1 unspecified atom stereocenters. The van der Waals surface area contributed by atoms with E-state index in [4.69, 9.17) is 5.73 Å². The van der Waals surface area contributed by atoms with Gasteiger partial charge in [0.05, 0.1) is 11.4 Å². The Morgan fingerprint density at radius 3 is 2.71 bits per heavy atom. The van der Waals surface area contributed by atoms with E-state index in [1.54, 1.807) is 11.7 Å². The fraction of sp³-hybridized carbons (Fsp3) is 0.714. The zero-order valence-electron chi connectivity index (χ0n) is 13.4. The molecule has 21 heavy (non-hydrogen) atoms. The molecule has 1 atom stereocenters. The van der Waals surface area contributed by atoms with E-state index in [2.05, 4.69) is 34.3 Å². The molecule has 0 spiro atoms. The Labute approximate surface area is 126 Å². The van der Waals surface area contributed by atoms with Crippen LogP contribution in [0, 0.1) is 0 Å². The summed E-state index contributed by atoms with van der Waals surface area (Å²) in [6, 6.07) is 0.327. The van der Waals surface area contributed by atoms with Crippen molar-refractivity contribution in [1.82, 2.24) is 24.9 Å². The first-order chi connectivity index (χ1) is 9.93. The summed E-state index contributed by atoms with van der Waals surface area (Å²) in [5.41, 5.74) is 7.74. The van der Waals surface area contributed by atoms with Gasteiger partial charge in [-0.2, -0.15) is 5.10 Å². The molecule has 0 saturated carbocycles. The van der Waals surface area contributed by atoms with E-state index in [-0.39, 0.29) is 5.91 Å². The average molecular weight is 294 g/mol. The molecule has 0 bridgehead atoms. The molecule has 1 aromatic rings. The summed E-state index contributed by atoms with van der Waals surface area (Å²) >= 11 is 0. The van der Waals surface area contributed by atoms with Crippen LogP contribution >= 0.6 is 0 Å². The van der Waals surface area contributed by atoms with E-state index in [1.165, 1.54) is 0 Å². The molecule has 1 amide bonds. The SMILES string of the molecule is CCc1nn(C)c(C(=O)NCC2CN(C)CCN2C)c1N. The van der Waals surface area contributed by atoms with Gasteiger partial charge in [-0.3, -0.25) is 14.4 Å². The van der Waals surface area contributed by atoms with Crippen molar-refractivity contribution in [3.63, 3.8) is 0 Å². The zero-order chi connectivity index (χ0) is 15.6. The van der Waals surface area contributed by atoms with Gasteiger partial charge in [0.25, 0.3) is 5.91 Å². The fourth-order valence-electron chi connectivity index (χ4n) is 2.74. The van der Waals surface area contributed by atoms with Gasteiger partial charge in [-0.1, -0.05) is 6.92 Å². The third kappa shape index (κ3) is 3.36. The summed E-state index contributed by atoms with van der Waals surface area (Å²) in [5, 5.41) is 7.27. The largest absolute Gasteiger partial charge is 0.395 e. The summed E-state index contributed by atoms with van der Waals surface area (Å²) in [7, 11) is 5.96. The first kappa shape index (κ1) is 15.8. The number of hydrogen-bond acceptors (Lipinski definition) is 5. The van der Waals surface area contributed by atoms with E-state index in [1.807, 2.05) is 6.92 Å². The van der Waals surface area contributed by atoms with Crippen LogP contribution in [0.4, 0.5) is 5.69 Å². The van der Waals surface area contributed by atoms with Crippen LogP contribution in [0.25, 0.3) is 0 Å². The van der Waals surface area contributed by atoms with E-state index >= 15 is 0 Å². The number of aryl methyl sites for hydroxylation is 2. The van der Waals surface area contributed by atoms with Gasteiger partial charge in [-0.05, 0) is 20.5 Å². The van der Waals surface area contributed by atoms with Crippen molar-refractivity contribution in [1.29, 1.82) is 0 Å². The van der Waals surface area contributed by atoms with Gasteiger partial charge in [-0.25, -0.2) is 0 Å². The topological polar surface area (TPSA) is 79.4 Å². The first-order valence-corrected chi connectivity index (χ1v) is 7.42. The Balaban J connectivity index is 2.00. The number of nitrogen functional groups attached to an aromatic ring is 1. The second kappa shape index (κ2) is 6.44. The minimum Gasteiger partial charge on any atom is -0.395 e. The lowest BCUT2D eigenvalue weighted by Crippen LogP contribution is -2.54. The molecular formula is C14H26N6O. The number of hydrogen-bond donors (Lipinski definition) is 2. The zero-order valence-corrected chi connectivity index (χ0v) is 13.4. The van der Waals surface area contributed by atoms with E-state index in [0.717, 1.165) is 31.7 Å². The smallest absolute Gasteiger partial charge is 0.271 e. The number of carbonyl (C=O) groups is 1. The van der Waals surface area contributed by atoms with Crippen LogP contribution in [0.1, 0.15) is 23.1 Å². The fourth-order valence-corrected chi connectivity index (χ4v) is 2.74. The summed E-state index contributed by atoms with van der Waals surface area (Å²) in [5.74, 6) is -0.149. The summed E-state index contributed by atoms with van der Waals surface area (Å²) in [6.07, 6.45) is 0.725. The molecule has 1 aliphatic rings. The van der Waals surface area contributed by atoms with Crippen molar-refractivity contribution in [2.45, 2.75) is 19.4 Å². The van der Waals surface area contributed by atoms with E-state index in [0.29, 0.717) is 24.0 Å². The number of nitrogens with two attached hydrogens (primary N) is 1. The Morgan fingerprint density at radius 1 is 1.38 bits per heavy atom. The predicted octanol–water partition coefficient (Wildman–Crippen LogP) is -0.460. The third-order valence-corrected chi connectivity index (χ3v) is 4.19. The van der Waals surface area contributed by atoms with Crippen molar-refractivity contribution in [3.05, 3.63) is 11.4 Å². The molecule has 118 valence electrons. The normalized spacial score (nSPS) is 20.7. The van der Waals surface area contributed by atoms with Gasteiger partial charge in [0.15, 0.2) is 0 Å². The summed E-state index contributed by atoms with van der Waals surface area (Å²) in [6.45, 7) is 5.64. The van der Waals surface area contributed by atoms with Gasteiger partial charge in [0, 0.05) is 39.3 Å². The highest BCUT2D eigenvalue weighted by Crippen LogP contribution is 2.16. The molecule has 7 heteroatoms. The molecular weight excluding hydrogens is 268 g/mol. The maximum absolute atomic E-state index is 12.4. The number of rotatable bonds is 4. The maximum Gasteiger partial charge on any atom is 0.271 e. The molecule has 1 aromatic heterocycles. The van der Waals surface area contributed by atoms with Crippen molar-refractivity contribution in [3.8, 4) is 0 Å². The molecule has 7 nitrogen and oxygen atoms in total. The van der Waals surface area contributed by atoms with Crippen LogP contribution in [0.2, 0.25) is 0 Å². The Morgan fingerprint density at radius 2 is 2.10 bits per heavy atom. The number of likely N-dealkylation sites (N-methyl/N-ethyl adjacent to an activating group) is 2. The standard InChI is InChI=1S/C14H26N6O/c1-5-11-12(15)13(20(4)17-11)14(21)16-8-10-9-18(2)6-7-19(10)3/h10H,5-9,15H2,1-4H3,(H,16,21). The summed E-state index contributed by atoms with van der Waals surface area (Å²) < 4.78 is 1.57. The molecule has 2 heterocycles. The Bertz CT molecular complexity index is 512. The molecule has 3 N–H and O–H groups in total. The number of nitrogens with zero attached hydrogens (tertiary/aromatic N) is 4. The first-order valence-electron chi connectivity index (χ1n) is 7.42. The van der Waals surface area contributed by atoms with Gasteiger partial charge in [0.1, 0.15) is 5.69 Å². The van der Waals surface area contributed by atoms with Crippen LogP contribution < -0.4 is 11.1 Å². The molecule has 0 aliphatic carbocycles. The third-order valence-electron chi connectivity index (χ3n) is 4.19. The van der Waals surface area contributed by atoms with Crippen LogP contribution in [0.3, 0.4) is 0 Å². The van der Waals surface area contributed by atoms with Gasteiger partial charge < -0.3 is 16.0 Å². The molecule has 2 rings (SSSR count). The number of anilines is 1. The van der Waals surface area contributed by atoms with Gasteiger partial charge >= 0.3 is 0 Å². The van der Waals surface area contributed by atoms with Gasteiger partial charge in [0.2, 0.25) is 0 Å². The van der Waals surface area contributed by atoms with Gasteiger partial charge in [-0.15, -0.1) is 0 Å². The molecule has 0 aromatic carbocycles. The lowest BCUT2D eigenvalue weighted by Gasteiger charge is -2.37. The lowest BCUT2D eigenvalue weighted by atomic mass is 10.2. The van der Waals surface area contributed by atoms with Crippen molar-refractivity contribution < 1.29 is 4.79 Å².